The van der Waals surface area contributed by atoms with E-state index in [1.165, 1.54) is 9.75 Å². The Balaban J connectivity index is 2.05. The molecule has 16 heavy (non-hydrogen) atoms. The van der Waals surface area contributed by atoms with E-state index in [0.29, 0.717) is 0 Å². The largest absolute Gasteiger partial charge is 0.324 e. The lowest BCUT2D eigenvalue weighted by Crippen LogP contribution is -2.12. The topological polar surface area (TPSA) is 51.8 Å². The molecule has 0 saturated carbocycles. The second-order valence-electron chi connectivity index (χ2n) is 3.71. The quantitative estimate of drug-likeness (QED) is 0.882. The second-order valence-corrected chi connectivity index (χ2v) is 4.96. The molecule has 4 heteroatoms. The number of aryl methyl sites for hydroxylation is 1. The molecule has 0 radical (unpaired) electrons. The monoisotopic (exact) mass is 233 g/mol. The molecule has 3 nitrogen and oxygen atoms in total. The number of thiophene rings is 1. The Bertz CT molecular complexity index is 439. The first kappa shape index (κ1) is 11.2. The van der Waals surface area contributed by atoms with E-state index in [1.54, 1.807) is 12.4 Å². The Morgan fingerprint density at radius 2 is 2.06 bits per heavy atom. The molecule has 0 amide bonds. The maximum atomic E-state index is 6.12. The molecule has 1 atom stereocenters. The zero-order valence-corrected chi connectivity index (χ0v) is 10.1. The highest BCUT2D eigenvalue weighted by Gasteiger charge is 2.08. The van der Waals surface area contributed by atoms with Crippen molar-refractivity contribution in [2.75, 3.05) is 0 Å². The zero-order valence-electron chi connectivity index (χ0n) is 9.26. The minimum Gasteiger partial charge on any atom is -0.324 e. The summed E-state index contributed by atoms with van der Waals surface area (Å²) in [5, 5.41) is 7.59. The van der Waals surface area contributed by atoms with Crippen LogP contribution in [0.5, 0.6) is 0 Å². The minimum absolute atomic E-state index is 0.0128. The fraction of sp³-hybridized carbons (Fsp3) is 0.333. The van der Waals surface area contributed by atoms with Gasteiger partial charge < -0.3 is 5.73 Å². The van der Waals surface area contributed by atoms with Crippen LogP contribution in [0.15, 0.2) is 30.6 Å². The van der Waals surface area contributed by atoms with Gasteiger partial charge in [0, 0.05) is 28.4 Å². The third-order valence-corrected chi connectivity index (χ3v) is 3.77. The summed E-state index contributed by atoms with van der Waals surface area (Å²) in [6.07, 6.45) is 5.38. The molecule has 0 aliphatic rings. The van der Waals surface area contributed by atoms with Crippen LogP contribution in [-0.4, -0.2) is 10.2 Å². The lowest BCUT2D eigenvalue weighted by atomic mass is 10.1. The number of rotatable bonds is 4. The first-order valence-corrected chi connectivity index (χ1v) is 6.21. The van der Waals surface area contributed by atoms with Crippen molar-refractivity contribution < 1.29 is 0 Å². The fourth-order valence-electron chi connectivity index (χ4n) is 1.58. The van der Waals surface area contributed by atoms with Gasteiger partial charge >= 0.3 is 0 Å². The molecule has 2 N–H and O–H groups in total. The van der Waals surface area contributed by atoms with Crippen LogP contribution < -0.4 is 5.73 Å². The van der Waals surface area contributed by atoms with Crippen molar-refractivity contribution in [2.45, 2.75) is 25.8 Å². The van der Waals surface area contributed by atoms with Gasteiger partial charge in [-0.1, -0.05) is 6.92 Å². The SMILES string of the molecule is CCc1ccc(CC(N)c2ccnnc2)s1. The Kier molecular flexibility index (Phi) is 3.64. The molecule has 0 spiro atoms. The molecule has 2 aromatic rings. The average molecular weight is 233 g/mol. The molecule has 2 aromatic heterocycles. The van der Waals surface area contributed by atoms with E-state index in [2.05, 4.69) is 29.3 Å². The van der Waals surface area contributed by atoms with Crippen LogP contribution in [0, 0.1) is 0 Å². The van der Waals surface area contributed by atoms with E-state index in [0.717, 1.165) is 18.4 Å². The van der Waals surface area contributed by atoms with Gasteiger partial charge in [-0.2, -0.15) is 10.2 Å². The molecular formula is C12H15N3S. The molecule has 2 heterocycles. The van der Waals surface area contributed by atoms with Crippen molar-refractivity contribution >= 4 is 11.3 Å². The van der Waals surface area contributed by atoms with Gasteiger partial charge in [-0.05, 0) is 30.2 Å². The Labute approximate surface area is 99.3 Å². The van der Waals surface area contributed by atoms with Crippen molar-refractivity contribution in [1.82, 2.24) is 10.2 Å². The van der Waals surface area contributed by atoms with Crippen LogP contribution in [0.1, 0.15) is 28.3 Å². The molecular weight excluding hydrogens is 218 g/mol. The number of hydrogen-bond acceptors (Lipinski definition) is 4. The lowest BCUT2D eigenvalue weighted by Gasteiger charge is -2.09. The maximum absolute atomic E-state index is 6.12. The van der Waals surface area contributed by atoms with Crippen LogP contribution in [0.2, 0.25) is 0 Å². The Hall–Kier alpha value is -1.26. The summed E-state index contributed by atoms with van der Waals surface area (Å²) in [7, 11) is 0. The summed E-state index contributed by atoms with van der Waals surface area (Å²) in [4.78, 5) is 2.75. The van der Waals surface area contributed by atoms with Gasteiger partial charge in [0.1, 0.15) is 0 Å². The summed E-state index contributed by atoms with van der Waals surface area (Å²) < 4.78 is 0. The van der Waals surface area contributed by atoms with Crippen LogP contribution >= 0.6 is 11.3 Å². The predicted octanol–water partition coefficient (Wildman–Crippen LogP) is 2.34. The lowest BCUT2D eigenvalue weighted by molar-refractivity contribution is 0.720. The highest BCUT2D eigenvalue weighted by Crippen LogP contribution is 2.22. The third-order valence-electron chi connectivity index (χ3n) is 2.52. The minimum atomic E-state index is 0.0128. The molecule has 0 aliphatic carbocycles. The van der Waals surface area contributed by atoms with E-state index in [4.69, 9.17) is 5.73 Å². The first-order chi connectivity index (χ1) is 7.79. The average Bonchev–Trinajstić information content (AvgIpc) is 2.78. The number of nitrogens with zero attached hydrogens (tertiary/aromatic N) is 2. The smallest absolute Gasteiger partial charge is 0.0544 e. The third kappa shape index (κ3) is 2.65. The van der Waals surface area contributed by atoms with E-state index >= 15 is 0 Å². The van der Waals surface area contributed by atoms with Crippen molar-refractivity contribution in [3.63, 3.8) is 0 Å². The maximum Gasteiger partial charge on any atom is 0.0544 e. The van der Waals surface area contributed by atoms with E-state index < -0.39 is 0 Å². The van der Waals surface area contributed by atoms with Gasteiger partial charge in [0.2, 0.25) is 0 Å². The van der Waals surface area contributed by atoms with Crippen molar-refractivity contribution in [1.29, 1.82) is 0 Å². The fourth-order valence-corrected chi connectivity index (χ4v) is 2.59. The molecule has 0 saturated heterocycles. The van der Waals surface area contributed by atoms with Crippen molar-refractivity contribution in [3.8, 4) is 0 Å². The van der Waals surface area contributed by atoms with Crippen LogP contribution in [0.3, 0.4) is 0 Å². The van der Waals surface area contributed by atoms with Gasteiger partial charge in [0.15, 0.2) is 0 Å². The highest BCUT2D eigenvalue weighted by atomic mass is 32.1. The number of hydrogen-bond donors (Lipinski definition) is 1. The van der Waals surface area contributed by atoms with Gasteiger partial charge in [-0.25, -0.2) is 0 Å². The molecule has 2 rings (SSSR count). The van der Waals surface area contributed by atoms with Crippen molar-refractivity contribution in [2.24, 2.45) is 5.73 Å². The van der Waals surface area contributed by atoms with Crippen LogP contribution in [-0.2, 0) is 12.8 Å². The van der Waals surface area contributed by atoms with Gasteiger partial charge in [0.25, 0.3) is 0 Å². The van der Waals surface area contributed by atoms with E-state index in [-0.39, 0.29) is 6.04 Å². The van der Waals surface area contributed by atoms with Gasteiger partial charge in [-0.15, -0.1) is 11.3 Å². The summed E-state index contributed by atoms with van der Waals surface area (Å²) in [6, 6.07) is 6.28. The zero-order chi connectivity index (χ0) is 11.4. The first-order valence-electron chi connectivity index (χ1n) is 5.39. The normalized spacial score (nSPS) is 12.6. The molecule has 0 fully saturated rings. The predicted molar refractivity (Wildman–Crippen MR) is 66.4 cm³/mol. The van der Waals surface area contributed by atoms with Crippen LogP contribution in [0.4, 0.5) is 0 Å². The highest BCUT2D eigenvalue weighted by molar-refractivity contribution is 7.11. The van der Waals surface area contributed by atoms with E-state index in [9.17, 15) is 0 Å². The molecule has 0 aromatic carbocycles. The summed E-state index contributed by atoms with van der Waals surface area (Å²) in [6.45, 7) is 2.17. The van der Waals surface area contributed by atoms with Crippen molar-refractivity contribution in [3.05, 3.63) is 45.9 Å². The molecule has 0 aliphatic heterocycles. The van der Waals surface area contributed by atoms with Gasteiger partial charge in [-0.3, -0.25) is 0 Å². The molecule has 0 bridgehead atoms. The van der Waals surface area contributed by atoms with Crippen LogP contribution in [0.25, 0.3) is 0 Å². The van der Waals surface area contributed by atoms with Gasteiger partial charge in [0.05, 0.1) is 6.20 Å². The standard InChI is InChI=1S/C12H15N3S/c1-2-10-3-4-11(16-10)7-12(13)9-5-6-14-15-8-9/h3-6,8,12H,2,7,13H2,1H3. The summed E-state index contributed by atoms with van der Waals surface area (Å²) in [5.74, 6) is 0. The number of nitrogens with two attached hydrogens (primary N) is 1. The molecule has 1 unspecified atom stereocenters. The molecule has 84 valence electrons. The Morgan fingerprint density at radius 3 is 2.69 bits per heavy atom. The summed E-state index contributed by atoms with van der Waals surface area (Å²) >= 11 is 1.84. The number of aromatic nitrogens is 2. The summed E-state index contributed by atoms with van der Waals surface area (Å²) in [5.41, 5.74) is 7.16. The second kappa shape index (κ2) is 5.18. The van der Waals surface area contributed by atoms with E-state index in [1.807, 2.05) is 17.4 Å². The Morgan fingerprint density at radius 1 is 1.25 bits per heavy atom.